The molecule has 1 unspecified atom stereocenters. The third-order valence-electron chi connectivity index (χ3n) is 8.10. The van der Waals surface area contributed by atoms with E-state index in [9.17, 15) is 19.2 Å². The highest BCUT2D eigenvalue weighted by molar-refractivity contribution is 6.35. The van der Waals surface area contributed by atoms with Crippen LogP contribution >= 0.6 is 0 Å². The van der Waals surface area contributed by atoms with Gasteiger partial charge in [0.05, 0.1) is 6.04 Å². The van der Waals surface area contributed by atoms with Crippen molar-refractivity contribution in [2.24, 2.45) is 29.1 Å². The third kappa shape index (κ3) is 4.12. The van der Waals surface area contributed by atoms with E-state index >= 15 is 0 Å². The number of carboxylic acid groups (broad SMARTS) is 1. The van der Waals surface area contributed by atoms with Crippen molar-refractivity contribution >= 4 is 23.6 Å². The number of nitrogens with zero attached hydrogens (tertiary/aromatic N) is 1. The number of ketones is 1. The molecule has 0 aromatic rings. The Morgan fingerprint density at radius 3 is 2.30 bits per heavy atom. The largest absolute Gasteiger partial charge is 0.475 e. The number of piperidine rings is 1. The summed E-state index contributed by atoms with van der Waals surface area (Å²) in [6, 6.07) is -1.59. The Morgan fingerprint density at radius 1 is 1.03 bits per heavy atom. The van der Waals surface area contributed by atoms with Crippen LogP contribution in [0.1, 0.15) is 71.6 Å². The van der Waals surface area contributed by atoms with Gasteiger partial charge in [-0.05, 0) is 48.3 Å². The fraction of sp³-hybridized carbons (Fsp3) is 0.826. The first-order chi connectivity index (χ1) is 14.2. The van der Waals surface area contributed by atoms with Gasteiger partial charge in [-0.2, -0.15) is 0 Å². The lowest BCUT2D eigenvalue weighted by atomic mass is 9.86. The third-order valence-corrected chi connectivity index (χ3v) is 8.10. The van der Waals surface area contributed by atoms with Gasteiger partial charge in [-0.15, -0.1) is 0 Å². The highest BCUT2D eigenvalue weighted by Gasteiger charge is 2.69. The molecule has 166 valence electrons. The van der Waals surface area contributed by atoms with Crippen molar-refractivity contribution in [3.63, 3.8) is 0 Å². The molecule has 7 heteroatoms. The van der Waals surface area contributed by atoms with Gasteiger partial charge in [0.15, 0.2) is 0 Å². The fourth-order valence-electron chi connectivity index (χ4n) is 5.92. The maximum absolute atomic E-state index is 13.3. The number of aliphatic carboxylic acids is 1. The first kappa shape index (κ1) is 21.3. The molecule has 0 bridgehead atoms. The summed E-state index contributed by atoms with van der Waals surface area (Å²) >= 11 is 0. The van der Waals surface area contributed by atoms with E-state index in [-0.39, 0.29) is 23.1 Å². The van der Waals surface area contributed by atoms with Crippen molar-refractivity contribution in [3.8, 4) is 0 Å². The second-order valence-corrected chi connectivity index (χ2v) is 10.6. The molecule has 1 heterocycles. The van der Waals surface area contributed by atoms with Crippen LogP contribution < -0.4 is 5.32 Å². The molecule has 4 rings (SSSR count). The van der Waals surface area contributed by atoms with Crippen LogP contribution in [-0.2, 0) is 19.2 Å². The van der Waals surface area contributed by atoms with E-state index in [1.54, 1.807) is 4.90 Å². The number of Topliss-reactive ketones (excluding diaryl/α,β-unsaturated/α-hetero) is 1. The number of carboxylic acids is 1. The topological polar surface area (TPSA) is 104 Å². The van der Waals surface area contributed by atoms with Crippen molar-refractivity contribution in [2.75, 3.05) is 6.54 Å². The zero-order valence-corrected chi connectivity index (χ0v) is 18.1. The Bertz CT molecular complexity index is 738. The van der Waals surface area contributed by atoms with E-state index in [4.69, 9.17) is 5.11 Å². The summed E-state index contributed by atoms with van der Waals surface area (Å²) in [6.45, 7) is 4.83. The molecule has 0 radical (unpaired) electrons. The number of amides is 2. The predicted molar refractivity (Wildman–Crippen MR) is 109 cm³/mol. The van der Waals surface area contributed by atoms with Gasteiger partial charge in [0.1, 0.15) is 6.04 Å². The number of nitrogens with one attached hydrogen (secondary N) is 1. The lowest BCUT2D eigenvalue weighted by Gasteiger charge is -2.32. The quantitative estimate of drug-likeness (QED) is 0.589. The normalized spacial score (nSPS) is 31.0. The van der Waals surface area contributed by atoms with E-state index in [0.29, 0.717) is 37.1 Å². The van der Waals surface area contributed by atoms with E-state index in [1.807, 2.05) is 0 Å². The molecule has 1 aliphatic heterocycles. The number of hydrogen-bond acceptors (Lipinski definition) is 4. The van der Waals surface area contributed by atoms with Gasteiger partial charge in [-0.3, -0.25) is 14.4 Å². The van der Waals surface area contributed by atoms with E-state index in [2.05, 4.69) is 19.2 Å². The first-order valence-electron chi connectivity index (χ1n) is 11.6. The zero-order chi connectivity index (χ0) is 21.6. The number of carbonyl (C=O) groups excluding carboxylic acids is 3. The summed E-state index contributed by atoms with van der Waals surface area (Å²) < 4.78 is 0. The average Bonchev–Trinajstić information content (AvgIpc) is 3.54. The second kappa shape index (κ2) is 7.97. The van der Waals surface area contributed by atoms with Crippen LogP contribution in [0.5, 0.6) is 0 Å². The minimum atomic E-state index is -1.51. The smallest absolute Gasteiger partial charge is 0.374 e. The van der Waals surface area contributed by atoms with Crippen molar-refractivity contribution in [1.29, 1.82) is 0 Å². The summed E-state index contributed by atoms with van der Waals surface area (Å²) in [6.07, 6.45) is 8.51. The highest BCUT2D eigenvalue weighted by atomic mass is 16.4. The van der Waals surface area contributed by atoms with Gasteiger partial charge in [0.25, 0.3) is 5.78 Å². The van der Waals surface area contributed by atoms with Crippen LogP contribution in [0.3, 0.4) is 0 Å². The lowest BCUT2D eigenvalue weighted by molar-refractivity contribution is -0.151. The summed E-state index contributed by atoms with van der Waals surface area (Å²) in [5.41, 5.74) is -0.00752. The second-order valence-electron chi connectivity index (χ2n) is 10.6. The number of hydrogen-bond donors (Lipinski definition) is 2. The van der Waals surface area contributed by atoms with Crippen molar-refractivity contribution in [1.82, 2.24) is 10.2 Å². The van der Waals surface area contributed by atoms with Crippen LogP contribution in [0.2, 0.25) is 0 Å². The number of likely N-dealkylation sites (tertiary alicyclic amines) is 1. The Balaban J connectivity index is 1.46. The molecule has 3 saturated carbocycles. The SMILES string of the molecule is CC1(C)[C@@H]2[C@@H](C(=O)NC(CC3CC3)C(=O)C(=O)O)N(C(=O)CC3CCCCC3)C[C@@H]21. The Hall–Kier alpha value is -1.92. The number of carbonyl (C=O) groups is 4. The van der Waals surface area contributed by atoms with Gasteiger partial charge >= 0.3 is 5.97 Å². The summed E-state index contributed by atoms with van der Waals surface area (Å²) in [5, 5.41) is 11.9. The molecule has 1 saturated heterocycles. The first-order valence-corrected chi connectivity index (χ1v) is 11.6. The maximum Gasteiger partial charge on any atom is 0.374 e. The highest BCUT2D eigenvalue weighted by Crippen LogP contribution is 2.65. The molecule has 2 amide bonds. The lowest BCUT2D eigenvalue weighted by Crippen LogP contribution is -2.54. The molecule has 30 heavy (non-hydrogen) atoms. The fourth-order valence-corrected chi connectivity index (χ4v) is 5.92. The van der Waals surface area contributed by atoms with Gasteiger partial charge in [0.2, 0.25) is 11.8 Å². The van der Waals surface area contributed by atoms with Gasteiger partial charge in [-0.25, -0.2) is 4.79 Å². The van der Waals surface area contributed by atoms with Crippen LogP contribution in [0.4, 0.5) is 0 Å². The number of fused-ring (bicyclic) bond motifs is 1. The molecule has 2 N–H and O–H groups in total. The predicted octanol–water partition coefficient (Wildman–Crippen LogP) is 2.38. The summed E-state index contributed by atoms with van der Waals surface area (Å²) in [4.78, 5) is 51.5. The Labute approximate surface area is 177 Å². The molecule has 7 nitrogen and oxygen atoms in total. The van der Waals surface area contributed by atoms with Gasteiger partial charge in [0, 0.05) is 13.0 Å². The van der Waals surface area contributed by atoms with Gasteiger partial charge < -0.3 is 15.3 Å². The van der Waals surface area contributed by atoms with Crippen molar-refractivity contribution in [2.45, 2.75) is 83.7 Å². The van der Waals surface area contributed by atoms with Crippen LogP contribution in [-0.4, -0.2) is 52.2 Å². The maximum atomic E-state index is 13.3. The van der Waals surface area contributed by atoms with Gasteiger partial charge in [-0.1, -0.05) is 46.0 Å². The Kier molecular flexibility index (Phi) is 5.66. The average molecular weight is 419 g/mol. The standard InChI is InChI=1S/C23H34N2O5/c1-23(2)15-12-25(17(26)11-13-6-4-3-5-7-13)19(18(15)23)21(28)24-16(10-14-8-9-14)20(27)22(29)30/h13-16,18-19H,3-12H2,1-2H3,(H,24,28)(H,29,30)/t15-,16?,18-,19-/m0/s1. The summed E-state index contributed by atoms with van der Waals surface area (Å²) in [5.74, 6) is -1.72. The molecule has 0 spiro atoms. The molecule has 4 atom stereocenters. The van der Waals surface area contributed by atoms with Crippen LogP contribution in [0, 0.1) is 29.1 Å². The van der Waals surface area contributed by atoms with E-state index < -0.39 is 23.8 Å². The monoisotopic (exact) mass is 418 g/mol. The Morgan fingerprint density at radius 2 is 1.70 bits per heavy atom. The molecule has 3 aliphatic carbocycles. The number of rotatable bonds is 8. The van der Waals surface area contributed by atoms with Crippen LogP contribution in [0.15, 0.2) is 0 Å². The minimum Gasteiger partial charge on any atom is -0.475 e. The molecule has 4 fully saturated rings. The summed E-state index contributed by atoms with van der Waals surface area (Å²) in [7, 11) is 0. The molecule has 4 aliphatic rings. The van der Waals surface area contributed by atoms with E-state index in [0.717, 1.165) is 25.7 Å². The minimum absolute atomic E-state index is 0.00752. The van der Waals surface area contributed by atoms with Crippen molar-refractivity contribution in [3.05, 3.63) is 0 Å². The van der Waals surface area contributed by atoms with E-state index in [1.165, 1.54) is 19.3 Å². The molecule has 0 aromatic heterocycles. The van der Waals surface area contributed by atoms with Crippen molar-refractivity contribution < 1.29 is 24.3 Å². The molecular weight excluding hydrogens is 384 g/mol. The van der Waals surface area contributed by atoms with Crippen LogP contribution in [0.25, 0.3) is 0 Å². The zero-order valence-electron chi connectivity index (χ0n) is 18.1. The molecule has 0 aromatic carbocycles. The molecular formula is C23H34N2O5.